The zero-order valence-corrected chi connectivity index (χ0v) is 22.4. The van der Waals surface area contributed by atoms with Gasteiger partial charge in [0, 0.05) is 22.6 Å². The molecular formula is C28H27Cl2N3O2S. The van der Waals surface area contributed by atoms with Crippen molar-refractivity contribution in [3.63, 3.8) is 0 Å². The summed E-state index contributed by atoms with van der Waals surface area (Å²) in [5.74, 6) is -0.0578. The van der Waals surface area contributed by atoms with Crippen molar-refractivity contribution < 1.29 is 9.59 Å². The molecule has 2 aliphatic rings. The van der Waals surface area contributed by atoms with Gasteiger partial charge in [-0.05, 0) is 53.1 Å². The second-order valence-electron chi connectivity index (χ2n) is 10.0. The lowest BCUT2D eigenvalue weighted by atomic mass is 9.73. The number of allylic oxidation sites excluding steroid dienone is 1. The Hall–Kier alpha value is -2.80. The highest BCUT2D eigenvalue weighted by molar-refractivity contribution is 7.09. The fraction of sp³-hybridized carbons (Fsp3) is 0.286. The van der Waals surface area contributed by atoms with E-state index in [1.807, 2.05) is 52.7 Å². The molecule has 0 saturated carbocycles. The summed E-state index contributed by atoms with van der Waals surface area (Å²) in [7, 11) is 0. The molecule has 0 saturated heterocycles. The number of ketones is 1. The Balaban J connectivity index is 1.62. The van der Waals surface area contributed by atoms with Crippen LogP contribution in [0.3, 0.4) is 0 Å². The number of thiophene rings is 1. The lowest BCUT2D eigenvalue weighted by Gasteiger charge is -2.38. The molecule has 1 unspecified atom stereocenters. The number of Topliss-reactive ketones (excluding diaryl/α,β-unsaturated/α-hetero) is 1. The van der Waals surface area contributed by atoms with Gasteiger partial charge in [0.25, 0.3) is 0 Å². The van der Waals surface area contributed by atoms with Gasteiger partial charge in [-0.15, -0.1) is 11.3 Å². The lowest BCUT2D eigenvalue weighted by molar-refractivity contribution is -0.120. The number of nitrogens with zero attached hydrogens (tertiary/aromatic N) is 1. The second kappa shape index (κ2) is 9.92. The van der Waals surface area contributed by atoms with E-state index in [0.717, 1.165) is 33.9 Å². The van der Waals surface area contributed by atoms with Crippen molar-refractivity contribution in [2.24, 2.45) is 5.41 Å². The minimum Gasteiger partial charge on any atom is -0.357 e. The normalized spacial score (nSPS) is 18.7. The highest BCUT2D eigenvalue weighted by Crippen LogP contribution is 2.48. The van der Waals surface area contributed by atoms with Gasteiger partial charge >= 0.3 is 0 Å². The molecule has 1 aliphatic heterocycles. The van der Waals surface area contributed by atoms with E-state index in [1.54, 1.807) is 23.5 Å². The summed E-state index contributed by atoms with van der Waals surface area (Å²) in [6.45, 7) is 4.75. The van der Waals surface area contributed by atoms with Crippen molar-refractivity contribution in [3.05, 3.63) is 91.7 Å². The van der Waals surface area contributed by atoms with Crippen LogP contribution in [0.15, 0.2) is 71.2 Å². The van der Waals surface area contributed by atoms with Gasteiger partial charge < -0.3 is 15.5 Å². The number of para-hydroxylation sites is 2. The van der Waals surface area contributed by atoms with Crippen molar-refractivity contribution in [1.29, 1.82) is 0 Å². The smallest absolute Gasteiger partial charge is 0.239 e. The summed E-state index contributed by atoms with van der Waals surface area (Å²) in [5.41, 5.74) is 3.92. The van der Waals surface area contributed by atoms with Crippen LogP contribution in [0.5, 0.6) is 0 Å². The van der Waals surface area contributed by atoms with E-state index in [-0.39, 0.29) is 23.7 Å². The Labute approximate surface area is 225 Å². The third-order valence-electron chi connectivity index (χ3n) is 6.62. The van der Waals surface area contributed by atoms with Crippen molar-refractivity contribution in [1.82, 2.24) is 5.32 Å². The van der Waals surface area contributed by atoms with Crippen LogP contribution in [-0.2, 0) is 16.1 Å². The summed E-state index contributed by atoms with van der Waals surface area (Å²) in [5, 5.41) is 9.43. The average molecular weight is 541 g/mol. The molecule has 0 spiro atoms. The van der Waals surface area contributed by atoms with Gasteiger partial charge in [-0.2, -0.15) is 0 Å². The van der Waals surface area contributed by atoms with Crippen molar-refractivity contribution in [2.45, 2.75) is 39.3 Å². The Morgan fingerprint density at radius 2 is 1.92 bits per heavy atom. The number of benzene rings is 2. The van der Waals surface area contributed by atoms with Crippen LogP contribution >= 0.6 is 34.5 Å². The maximum Gasteiger partial charge on any atom is 0.239 e. The first-order chi connectivity index (χ1) is 17.2. The molecule has 8 heteroatoms. The first-order valence-electron chi connectivity index (χ1n) is 11.8. The fourth-order valence-electron chi connectivity index (χ4n) is 5.07. The van der Waals surface area contributed by atoms with Crippen LogP contribution in [0.25, 0.3) is 0 Å². The van der Waals surface area contributed by atoms with Crippen LogP contribution in [0.1, 0.15) is 43.2 Å². The lowest BCUT2D eigenvalue weighted by Crippen LogP contribution is -2.41. The van der Waals surface area contributed by atoms with Gasteiger partial charge in [-0.3, -0.25) is 9.59 Å². The van der Waals surface area contributed by atoms with Crippen LogP contribution in [-0.4, -0.2) is 18.2 Å². The molecule has 2 aromatic carbocycles. The first-order valence-corrected chi connectivity index (χ1v) is 13.5. The van der Waals surface area contributed by atoms with E-state index in [9.17, 15) is 9.59 Å². The molecule has 0 fully saturated rings. The Bertz CT molecular complexity index is 1350. The first kappa shape index (κ1) is 24.9. The highest BCUT2D eigenvalue weighted by Gasteiger charge is 2.42. The molecule has 5 rings (SSSR count). The number of fused-ring (bicyclic) bond motifs is 1. The van der Waals surface area contributed by atoms with Crippen molar-refractivity contribution >= 4 is 57.6 Å². The molecule has 2 N–H and O–H groups in total. The number of rotatable bonds is 5. The van der Waals surface area contributed by atoms with Crippen LogP contribution < -0.4 is 15.5 Å². The van der Waals surface area contributed by atoms with Crippen molar-refractivity contribution in [3.8, 4) is 0 Å². The van der Waals surface area contributed by atoms with Crippen molar-refractivity contribution in [2.75, 3.05) is 16.8 Å². The Kier molecular flexibility index (Phi) is 6.86. The Morgan fingerprint density at radius 1 is 1.11 bits per heavy atom. The maximum absolute atomic E-state index is 13.7. The fourth-order valence-corrected chi connectivity index (χ4v) is 6.02. The minimum atomic E-state index is -0.498. The third-order valence-corrected chi connectivity index (χ3v) is 8.23. The zero-order valence-electron chi connectivity index (χ0n) is 20.1. The molecule has 0 bridgehead atoms. The van der Waals surface area contributed by atoms with E-state index < -0.39 is 6.04 Å². The highest BCUT2D eigenvalue weighted by atomic mass is 35.5. The molecule has 1 aliphatic carbocycles. The standard InChI is InChI=1S/C28H27Cl2N3O2S/c1-28(2)13-22-26(24(34)14-28)27(17-9-10-19(29)20(30)12-17)33(23-8-4-3-7-21(23)32-22)16-25(35)31-15-18-6-5-11-36-18/h3-12,27,32H,13-16H2,1-2H3,(H,31,35). The largest absolute Gasteiger partial charge is 0.357 e. The van der Waals surface area contributed by atoms with E-state index in [0.29, 0.717) is 28.6 Å². The number of hydrogen-bond acceptors (Lipinski definition) is 5. The summed E-state index contributed by atoms with van der Waals surface area (Å²) in [6, 6.07) is 16.8. The van der Waals surface area contributed by atoms with Gasteiger partial charge in [0.1, 0.15) is 0 Å². The topological polar surface area (TPSA) is 61.4 Å². The molecule has 186 valence electrons. The molecule has 1 amide bonds. The van der Waals surface area contributed by atoms with Gasteiger partial charge in [-0.1, -0.05) is 61.3 Å². The number of carbonyl (C=O) groups excluding carboxylic acids is 2. The quantitative estimate of drug-likeness (QED) is 0.366. The third kappa shape index (κ3) is 5.03. The number of halogens is 2. The molecule has 5 nitrogen and oxygen atoms in total. The van der Waals surface area contributed by atoms with Gasteiger partial charge in [-0.25, -0.2) is 0 Å². The van der Waals surface area contributed by atoms with E-state index in [4.69, 9.17) is 23.2 Å². The molecule has 1 aromatic heterocycles. The number of hydrogen-bond donors (Lipinski definition) is 2. The molecule has 0 radical (unpaired) electrons. The van der Waals surface area contributed by atoms with Gasteiger partial charge in [0.05, 0.1) is 40.6 Å². The predicted molar refractivity (Wildman–Crippen MR) is 148 cm³/mol. The van der Waals surface area contributed by atoms with Crippen LogP contribution in [0.4, 0.5) is 11.4 Å². The minimum absolute atomic E-state index is 0.0709. The van der Waals surface area contributed by atoms with Gasteiger partial charge in [0.15, 0.2) is 5.78 Å². The molecule has 36 heavy (non-hydrogen) atoms. The molecule has 2 heterocycles. The summed E-state index contributed by atoms with van der Waals surface area (Å²) < 4.78 is 0. The summed E-state index contributed by atoms with van der Waals surface area (Å²) in [6.07, 6.45) is 1.15. The zero-order chi connectivity index (χ0) is 25.4. The number of carbonyl (C=O) groups is 2. The second-order valence-corrected chi connectivity index (χ2v) is 11.9. The number of amides is 1. The summed E-state index contributed by atoms with van der Waals surface area (Å²) in [4.78, 5) is 30.1. The maximum atomic E-state index is 13.7. The Morgan fingerprint density at radius 3 is 2.67 bits per heavy atom. The van der Waals surface area contributed by atoms with E-state index >= 15 is 0 Å². The molecule has 3 aromatic rings. The number of nitrogens with one attached hydrogen (secondary N) is 2. The van der Waals surface area contributed by atoms with Crippen LogP contribution in [0.2, 0.25) is 10.0 Å². The average Bonchev–Trinajstić information content (AvgIpc) is 3.30. The predicted octanol–water partition coefficient (Wildman–Crippen LogP) is 6.99. The molecule has 1 atom stereocenters. The SMILES string of the molecule is CC1(C)CC(=O)C2=C(C1)Nc1ccccc1N(CC(=O)NCc1cccs1)C2c1ccc(Cl)c(Cl)c1. The van der Waals surface area contributed by atoms with E-state index in [1.165, 1.54) is 0 Å². The monoisotopic (exact) mass is 539 g/mol. The number of anilines is 2. The summed E-state index contributed by atoms with van der Waals surface area (Å²) >= 11 is 14.3. The van der Waals surface area contributed by atoms with Gasteiger partial charge in [0.2, 0.25) is 5.91 Å². The molecular weight excluding hydrogens is 513 g/mol. The van der Waals surface area contributed by atoms with E-state index in [2.05, 4.69) is 24.5 Å². The van der Waals surface area contributed by atoms with Crippen LogP contribution in [0, 0.1) is 5.41 Å².